The molecule has 0 aliphatic rings. The van der Waals surface area contributed by atoms with Crippen molar-refractivity contribution in [3.63, 3.8) is 0 Å². The number of benzene rings is 1. The molecule has 110 valence electrons. The van der Waals surface area contributed by atoms with E-state index in [9.17, 15) is 9.59 Å². The minimum absolute atomic E-state index is 0.0477. The Hall–Kier alpha value is -2.04. The van der Waals surface area contributed by atoms with E-state index in [0.717, 1.165) is 5.69 Å². The number of amides is 2. The van der Waals surface area contributed by atoms with Crippen LogP contribution in [0.4, 0.5) is 10.5 Å². The van der Waals surface area contributed by atoms with Crippen LogP contribution in [0.5, 0.6) is 0 Å². The Bertz CT molecular complexity index is 452. The zero-order chi connectivity index (χ0) is 15.2. The molecule has 0 spiro atoms. The number of carbonyl (C=O) groups excluding carboxylic acids is 1. The molecule has 0 aliphatic heterocycles. The van der Waals surface area contributed by atoms with E-state index in [1.54, 1.807) is 4.90 Å². The van der Waals surface area contributed by atoms with Crippen molar-refractivity contribution in [2.45, 2.75) is 39.2 Å². The fourth-order valence-corrected chi connectivity index (χ4v) is 1.73. The molecule has 1 rings (SSSR count). The first-order chi connectivity index (χ1) is 9.29. The Morgan fingerprint density at radius 3 is 2.30 bits per heavy atom. The van der Waals surface area contributed by atoms with Gasteiger partial charge in [-0.1, -0.05) is 18.2 Å². The van der Waals surface area contributed by atoms with E-state index in [1.807, 2.05) is 51.1 Å². The SMILES string of the molecule is CC(C)(C)NC(=O)N(CCCC(=O)O)c1ccccc1. The molecular formula is C15H22N2O3. The van der Waals surface area contributed by atoms with E-state index in [4.69, 9.17) is 5.11 Å². The van der Waals surface area contributed by atoms with Crippen molar-refractivity contribution < 1.29 is 14.7 Å². The van der Waals surface area contributed by atoms with Gasteiger partial charge in [0.25, 0.3) is 0 Å². The van der Waals surface area contributed by atoms with E-state index >= 15 is 0 Å². The Balaban J connectivity index is 2.79. The number of hydrogen-bond donors (Lipinski definition) is 2. The summed E-state index contributed by atoms with van der Waals surface area (Å²) >= 11 is 0. The molecule has 1 aromatic carbocycles. The Morgan fingerprint density at radius 1 is 1.20 bits per heavy atom. The average Bonchev–Trinajstić information content (AvgIpc) is 2.33. The number of carbonyl (C=O) groups is 2. The Morgan fingerprint density at radius 2 is 1.80 bits per heavy atom. The molecule has 2 amide bonds. The summed E-state index contributed by atoms with van der Waals surface area (Å²) in [4.78, 5) is 24.5. The third kappa shape index (κ3) is 5.73. The summed E-state index contributed by atoms with van der Waals surface area (Å²) < 4.78 is 0. The summed E-state index contributed by atoms with van der Waals surface area (Å²) in [6.45, 7) is 6.10. The molecule has 0 radical (unpaired) electrons. The van der Waals surface area contributed by atoms with Gasteiger partial charge in [0.1, 0.15) is 0 Å². The number of anilines is 1. The topological polar surface area (TPSA) is 69.6 Å². The highest BCUT2D eigenvalue weighted by atomic mass is 16.4. The summed E-state index contributed by atoms with van der Waals surface area (Å²) in [6.07, 6.45) is 0.466. The lowest BCUT2D eigenvalue weighted by Gasteiger charge is -2.28. The van der Waals surface area contributed by atoms with Crippen molar-refractivity contribution in [3.8, 4) is 0 Å². The molecule has 0 saturated heterocycles. The molecule has 0 bridgehead atoms. The molecule has 1 aromatic rings. The highest BCUT2D eigenvalue weighted by Crippen LogP contribution is 2.15. The van der Waals surface area contributed by atoms with E-state index in [2.05, 4.69) is 5.32 Å². The van der Waals surface area contributed by atoms with Crippen molar-refractivity contribution in [2.24, 2.45) is 0 Å². The molecule has 2 N–H and O–H groups in total. The van der Waals surface area contributed by atoms with Crippen molar-refractivity contribution in [2.75, 3.05) is 11.4 Å². The van der Waals surface area contributed by atoms with Crippen LogP contribution >= 0.6 is 0 Å². The van der Waals surface area contributed by atoms with Gasteiger partial charge in [-0.05, 0) is 39.3 Å². The lowest BCUT2D eigenvalue weighted by molar-refractivity contribution is -0.137. The maximum Gasteiger partial charge on any atom is 0.322 e. The van der Waals surface area contributed by atoms with E-state index in [0.29, 0.717) is 13.0 Å². The average molecular weight is 278 g/mol. The molecule has 5 nitrogen and oxygen atoms in total. The van der Waals surface area contributed by atoms with Crippen LogP contribution in [-0.4, -0.2) is 29.2 Å². The van der Waals surface area contributed by atoms with Crippen LogP contribution in [0, 0.1) is 0 Å². The van der Waals surface area contributed by atoms with Crippen LogP contribution in [-0.2, 0) is 4.79 Å². The number of nitrogens with one attached hydrogen (secondary N) is 1. The standard InChI is InChI=1S/C15H22N2O3/c1-15(2,3)16-14(20)17(11-7-10-13(18)19)12-8-5-4-6-9-12/h4-6,8-9H,7,10-11H2,1-3H3,(H,16,20)(H,18,19). The van der Waals surface area contributed by atoms with E-state index < -0.39 is 5.97 Å². The van der Waals surface area contributed by atoms with E-state index in [1.165, 1.54) is 0 Å². The third-order valence-electron chi connectivity index (χ3n) is 2.57. The van der Waals surface area contributed by atoms with Gasteiger partial charge >= 0.3 is 12.0 Å². The van der Waals surface area contributed by atoms with Gasteiger partial charge in [0.05, 0.1) is 0 Å². The number of carboxylic acids is 1. The minimum Gasteiger partial charge on any atom is -0.481 e. The summed E-state index contributed by atoms with van der Waals surface area (Å²) in [5.74, 6) is -0.853. The molecule has 0 aliphatic carbocycles. The van der Waals surface area contributed by atoms with E-state index in [-0.39, 0.29) is 18.0 Å². The van der Waals surface area contributed by atoms with Gasteiger partial charge in [-0.25, -0.2) is 4.79 Å². The zero-order valence-corrected chi connectivity index (χ0v) is 12.2. The smallest absolute Gasteiger partial charge is 0.322 e. The molecular weight excluding hydrogens is 256 g/mol. The summed E-state index contributed by atoms with van der Waals surface area (Å²) in [6, 6.07) is 9.04. The second kappa shape index (κ2) is 6.93. The second-order valence-electron chi connectivity index (χ2n) is 5.66. The van der Waals surface area contributed by atoms with Gasteiger partial charge in [0, 0.05) is 24.2 Å². The zero-order valence-electron chi connectivity index (χ0n) is 12.2. The Kier molecular flexibility index (Phi) is 5.55. The molecule has 0 heterocycles. The first-order valence-electron chi connectivity index (χ1n) is 6.66. The third-order valence-corrected chi connectivity index (χ3v) is 2.57. The number of nitrogens with zero attached hydrogens (tertiary/aromatic N) is 1. The lowest BCUT2D eigenvalue weighted by atomic mass is 10.1. The predicted octanol–water partition coefficient (Wildman–Crippen LogP) is 2.87. The van der Waals surface area contributed by atoms with Crippen molar-refractivity contribution in [3.05, 3.63) is 30.3 Å². The quantitative estimate of drug-likeness (QED) is 0.870. The molecule has 0 atom stereocenters. The van der Waals surface area contributed by atoms with Gasteiger partial charge in [-0.3, -0.25) is 9.69 Å². The highest BCUT2D eigenvalue weighted by molar-refractivity contribution is 5.92. The largest absolute Gasteiger partial charge is 0.481 e. The van der Waals surface area contributed by atoms with Crippen LogP contribution in [0.15, 0.2) is 30.3 Å². The molecule has 5 heteroatoms. The molecule has 0 aromatic heterocycles. The maximum atomic E-state index is 12.3. The second-order valence-corrected chi connectivity index (χ2v) is 5.66. The first kappa shape index (κ1) is 16.0. The van der Waals surface area contributed by atoms with Crippen LogP contribution in [0.25, 0.3) is 0 Å². The van der Waals surface area contributed by atoms with Crippen LogP contribution in [0.2, 0.25) is 0 Å². The first-order valence-corrected chi connectivity index (χ1v) is 6.66. The summed E-state index contributed by atoms with van der Waals surface area (Å²) in [7, 11) is 0. The fraction of sp³-hybridized carbons (Fsp3) is 0.467. The molecule has 0 fully saturated rings. The Labute approximate surface area is 119 Å². The van der Waals surface area contributed by atoms with Gasteiger partial charge in [-0.2, -0.15) is 0 Å². The van der Waals surface area contributed by atoms with Gasteiger partial charge in [-0.15, -0.1) is 0 Å². The minimum atomic E-state index is -0.853. The normalized spacial score (nSPS) is 10.9. The summed E-state index contributed by atoms with van der Waals surface area (Å²) in [5.41, 5.74) is 0.427. The number of urea groups is 1. The number of hydrogen-bond acceptors (Lipinski definition) is 2. The fourth-order valence-electron chi connectivity index (χ4n) is 1.73. The highest BCUT2D eigenvalue weighted by Gasteiger charge is 2.20. The predicted molar refractivity (Wildman–Crippen MR) is 78.9 cm³/mol. The van der Waals surface area contributed by atoms with Gasteiger partial charge < -0.3 is 10.4 Å². The number of para-hydroxylation sites is 1. The van der Waals surface area contributed by atoms with Crippen molar-refractivity contribution in [1.82, 2.24) is 5.32 Å². The monoisotopic (exact) mass is 278 g/mol. The number of aliphatic carboxylic acids is 1. The van der Waals surface area contributed by atoms with Crippen LogP contribution in [0.1, 0.15) is 33.6 Å². The van der Waals surface area contributed by atoms with Crippen molar-refractivity contribution in [1.29, 1.82) is 0 Å². The van der Waals surface area contributed by atoms with Crippen molar-refractivity contribution >= 4 is 17.7 Å². The maximum absolute atomic E-state index is 12.3. The molecule has 0 saturated carbocycles. The lowest BCUT2D eigenvalue weighted by Crippen LogP contribution is -2.49. The number of carboxylic acid groups (broad SMARTS) is 1. The van der Waals surface area contributed by atoms with Gasteiger partial charge in [0.15, 0.2) is 0 Å². The molecule has 20 heavy (non-hydrogen) atoms. The van der Waals surface area contributed by atoms with Crippen LogP contribution in [0.3, 0.4) is 0 Å². The van der Waals surface area contributed by atoms with Gasteiger partial charge in [0.2, 0.25) is 0 Å². The molecule has 0 unspecified atom stereocenters. The van der Waals surface area contributed by atoms with Crippen LogP contribution < -0.4 is 10.2 Å². The summed E-state index contributed by atoms with van der Waals surface area (Å²) in [5, 5.41) is 11.6. The number of rotatable bonds is 5.